The molecular formula is C17H23N3O. The molecule has 0 aliphatic carbocycles. The standard InChI is InChI=1S/C17H23N3O/c1-17(8-9-18-12-17)16-11-19-13-20(16)15-6-4-3-5-14(15)7-10-21-2/h3-6,11,13,18H,7-10,12H2,1-2H3. The molecule has 1 fully saturated rings. The molecule has 3 rings (SSSR count). The molecule has 0 radical (unpaired) electrons. The van der Waals surface area contributed by atoms with Gasteiger partial charge in [0.1, 0.15) is 0 Å². The molecule has 1 aromatic carbocycles. The molecule has 1 unspecified atom stereocenters. The highest BCUT2D eigenvalue weighted by Crippen LogP contribution is 2.32. The molecule has 4 nitrogen and oxygen atoms in total. The van der Waals surface area contributed by atoms with Crippen molar-refractivity contribution in [3.8, 4) is 5.69 Å². The predicted octanol–water partition coefficient (Wildman–Crippen LogP) is 2.31. The summed E-state index contributed by atoms with van der Waals surface area (Å²) in [6, 6.07) is 8.52. The van der Waals surface area contributed by atoms with Gasteiger partial charge in [-0.15, -0.1) is 0 Å². The van der Waals surface area contributed by atoms with Gasteiger partial charge in [-0.25, -0.2) is 4.98 Å². The van der Waals surface area contributed by atoms with E-state index in [4.69, 9.17) is 4.74 Å². The van der Waals surface area contributed by atoms with Crippen LogP contribution < -0.4 is 5.32 Å². The fourth-order valence-electron chi connectivity index (χ4n) is 3.14. The van der Waals surface area contributed by atoms with E-state index in [-0.39, 0.29) is 5.41 Å². The van der Waals surface area contributed by atoms with E-state index >= 15 is 0 Å². The molecule has 112 valence electrons. The normalized spacial score (nSPS) is 21.8. The van der Waals surface area contributed by atoms with Crippen molar-refractivity contribution >= 4 is 0 Å². The number of nitrogens with one attached hydrogen (secondary N) is 1. The number of imidazole rings is 1. The average molecular weight is 285 g/mol. The van der Waals surface area contributed by atoms with Crippen molar-refractivity contribution in [2.75, 3.05) is 26.8 Å². The smallest absolute Gasteiger partial charge is 0.0994 e. The Labute approximate surface area is 126 Å². The summed E-state index contributed by atoms with van der Waals surface area (Å²) in [4.78, 5) is 4.41. The molecule has 2 heterocycles. The van der Waals surface area contributed by atoms with Gasteiger partial charge in [-0.3, -0.25) is 0 Å². The van der Waals surface area contributed by atoms with E-state index in [1.54, 1.807) is 7.11 Å². The maximum atomic E-state index is 5.23. The van der Waals surface area contributed by atoms with Gasteiger partial charge in [0, 0.05) is 31.0 Å². The van der Waals surface area contributed by atoms with Gasteiger partial charge < -0.3 is 14.6 Å². The van der Waals surface area contributed by atoms with Crippen molar-refractivity contribution in [2.45, 2.75) is 25.2 Å². The van der Waals surface area contributed by atoms with Crippen LogP contribution in [-0.4, -0.2) is 36.4 Å². The van der Waals surface area contributed by atoms with Gasteiger partial charge in [0.2, 0.25) is 0 Å². The molecule has 1 saturated heterocycles. The van der Waals surface area contributed by atoms with Gasteiger partial charge in [-0.1, -0.05) is 25.1 Å². The third-order valence-electron chi connectivity index (χ3n) is 4.45. The molecule has 0 spiro atoms. The van der Waals surface area contributed by atoms with Crippen molar-refractivity contribution in [3.05, 3.63) is 48.0 Å². The van der Waals surface area contributed by atoms with Crippen LogP contribution in [0.5, 0.6) is 0 Å². The molecule has 0 saturated carbocycles. The summed E-state index contributed by atoms with van der Waals surface area (Å²) in [5.74, 6) is 0. The topological polar surface area (TPSA) is 39.1 Å². The second-order valence-electron chi connectivity index (χ2n) is 6.01. The average Bonchev–Trinajstić information content (AvgIpc) is 3.15. The second kappa shape index (κ2) is 6.00. The molecule has 1 atom stereocenters. The number of hydrogen-bond acceptors (Lipinski definition) is 3. The van der Waals surface area contributed by atoms with Gasteiger partial charge in [0.25, 0.3) is 0 Å². The van der Waals surface area contributed by atoms with Crippen molar-refractivity contribution in [2.24, 2.45) is 0 Å². The fourth-order valence-corrected chi connectivity index (χ4v) is 3.14. The first-order chi connectivity index (χ1) is 10.2. The zero-order valence-corrected chi connectivity index (χ0v) is 12.8. The van der Waals surface area contributed by atoms with Crippen molar-refractivity contribution in [3.63, 3.8) is 0 Å². The molecule has 2 aromatic rings. The van der Waals surface area contributed by atoms with E-state index in [9.17, 15) is 0 Å². The minimum absolute atomic E-state index is 0.158. The molecule has 1 aromatic heterocycles. The van der Waals surface area contributed by atoms with Crippen molar-refractivity contribution in [1.82, 2.24) is 14.9 Å². The second-order valence-corrected chi connectivity index (χ2v) is 6.01. The lowest BCUT2D eigenvalue weighted by Crippen LogP contribution is -2.27. The van der Waals surface area contributed by atoms with Gasteiger partial charge >= 0.3 is 0 Å². The Hall–Kier alpha value is -1.65. The van der Waals surface area contributed by atoms with Crippen LogP contribution in [0.3, 0.4) is 0 Å². The molecule has 1 N–H and O–H groups in total. The zero-order chi connectivity index (χ0) is 14.7. The van der Waals surface area contributed by atoms with E-state index < -0.39 is 0 Å². The van der Waals surface area contributed by atoms with Crippen LogP contribution in [0.4, 0.5) is 0 Å². The Balaban J connectivity index is 2.00. The van der Waals surface area contributed by atoms with E-state index in [0.717, 1.165) is 32.5 Å². The molecule has 0 amide bonds. The zero-order valence-electron chi connectivity index (χ0n) is 12.8. The minimum Gasteiger partial charge on any atom is -0.384 e. The Kier molecular flexibility index (Phi) is 4.08. The highest BCUT2D eigenvalue weighted by molar-refractivity contribution is 5.43. The largest absolute Gasteiger partial charge is 0.384 e. The maximum Gasteiger partial charge on any atom is 0.0994 e. The van der Waals surface area contributed by atoms with Gasteiger partial charge in [-0.2, -0.15) is 0 Å². The Morgan fingerprint density at radius 1 is 1.38 bits per heavy atom. The summed E-state index contributed by atoms with van der Waals surface area (Å²) in [6.07, 6.45) is 6.02. The lowest BCUT2D eigenvalue weighted by Gasteiger charge is -2.25. The molecule has 0 bridgehead atoms. The van der Waals surface area contributed by atoms with Gasteiger partial charge in [0.15, 0.2) is 0 Å². The quantitative estimate of drug-likeness (QED) is 0.916. The van der Waals surface area contributed by atoms with E-state index in [0.29, 0.717) is 0 Å². The highest BCUT2D eigenvalue weighted by atomic mass is 16.5. The van der Waals surface area contributed by atoms with Crippen LogP contribution in [0.1, 0.15) is 24.6 Å². The van der Waals surface area contributed by atoms with Crippen LogP contribution >= 0.6 is 0 Å². The molecule has 21 heavy (non-hydrogen) atoms. The van der Waals surface area contributed by atoms with Gasteiger partial charge in [-0.05, 0) is 31.0 Å². The number of nitrogens with zero attached hydrogens (tertiary/aromatic N) is 2. The summed E-state index contributed by atoms with van der Waals surface area (Å²) >= 11 is 0. The highest BCUT2D eigenvalue weighted by Gasteiger charge is 2.33. The third-order valence-corrected chi connectivity index (χ3v) is 4.45. The summed E-state index contributed by atoms with van der Waals surface area (Å²) in [5.41, 5.74) is 3.96. The summed E-state index contributed by atoms with van der Waals surface area (Å²) in [6.45, 7) is 5.14. The lowest BCUT2D eigenvalue weighted by molar-refractivity contribution is 0.202. The van der Waals surface area contributed by atoms with Crippen molar-refractivity contribution in [1.29, 1.82) is 0 Å². The summed E-state index contributed by atoms with van der Waals surface area (Å²) < 4.78 is 7.48. The fraction of sp³-hybridized carbons (Fsp3) is 0.471. The first kappa shape index (κ1) is 14.3. The molecule has 1 aliphatic rings. The Morgan fingerprint density at radius 2 is 2.24 bits per heavy atom. The molecular weight excluding hydrogens is 262 g/mol. The predicted molar refractivity (Wildman–Crippen MR) is 84.0 cm³/mol. The van der Waals surface area contributed by atoms with Crippen LogP contribution in [-0.2, 0) is 16.6 Å². The first-order valence-corrected chi connectivity index (χ1v) is 7.55. The van der Waals surface area contributed by atoms with Crippen LogP contribution in [0.2, 0.25) is 0 Å². The third kappa shape index (κ3) is 2.74. The monoisotopic (exact) mass is 285 g/mol. The van der Waals surface area contributed by atoms with Crippen LogP contribution in [0.25, 0.3) is 5.69 Å². The molecule has 1 aliphatic heterocycles. The minimum atomic E-state index is 0.158. The first-order valence-electron chi connectivity index (χ1n) is 7.55. The van der Waals surface area contributed by atoms with E-state index in [2.05, 4.69) is 46.1 Å². The molecule has 4 heteroatoms. The number of benzene rings is 1. The number of aromatic nitrogens is 2. The summed E-state index contributed by atoms with van der Waals surface area (Å²) in [7, 11) is 1.75. The number of methoxy groups -OCH3 is 1. The van der Waals surface area contributed by atoms with Crippen molar-refractivity contribution < 1.29 is 4.74 Å². The summed E-state index contributed by atoms with van der Waals surface area (Å²) in [5, 5.41) is 3.47. The van der Waals surface area contributed by atoms with E-state index in [1.165, 1.54) is 16.9 Å². The van der Waals surface area contributed by atoms with Crippen LogP contribution in [0.15, 0.2) is 36.8 Å². The lowest BCUT2D eigenvalue weighted by atomic mass is 9.86. The number of para-hydroxylation sites is 1. The van der Waals surface area contributed by atoms with Crippen LogP contribution in [0, 0.1) is 0 Å². The number of ether oxygens (including phenoxy) is 1. The number of hydrogen-bond donors (Lipinski definition) is 1. The SMILES string of the molecule is COCCc1ccccc1-n1cncc1C1(C)CCNC1. The Morgan fingerprint density at radius 3 is 3.00 bits per heavy atom. The van der Waals surface area contributed by atoms with Gasteiger partial charge in [0.05, 0.1) is 18.6 Å². The Bertz CT molecular complexity index is 600. The number of rotatable bonds is 5. The maximum absolute atomic E-state index is 5.23. The van der Waals surface area contributed by atoms with E-state index in [1.807, 2.05) is 12.5 Å².